The summed E-state index contributed by atoms with van der Waals surface area (Å²) < 4.78 is 63.5. The predicted molar refractivity (Wildman–Crippen MR) is 150 cm³/mol. The Hall–Kier alpha value is -1.74. The molecule has 0 amide bonds. The summed E-state index contributed by atoms with van der Waals surface area (Å²) in [6, 6.07) is 12.6. The van der Waals surface area contributed by atoms with Crippen LogP contribution in [0.1, 0.15) is 0 Å². The van der Waals surface area contributed by atoms with Gasteiger partial charge in [-0.2, -0.15) is 0 Å². The molecule has 0 radical (unpaired) electrons. The first-order valence-corrected chi connectivity index (χ1v) is 17.5. The molecule has 6 aromatic heterocycles. The molecule has 0 fully saturated rings. The first-order chi connectivity index (χ1) is 17.4. The monoisotopic (exact) mass is 684 g/mol. The van der Waals surface area contributed by atoms with Crippen LogP contribution >= 0.6 is 45.3 Å². The molecular formula is C26H8F4S4Se2. The van der Waals surface area contributed by atoms with Gasteiger partial charge in [0.1, 0.15) is 0 Å². The Morgan fingerprint density at radius 2 is 0.944 bits per heavy atom. The molecule has 0 spiro atoms. The van der Waals surface area contributed by atoms with E-state index in [0.717, 1.165) is 29.9 Å². The van der Waals surface area contributed by atoms with Gasteiger partial charge in [0.2, 0.25) is 0 Å². The van der Waals surface area contributed by atoms with E-state index in [0.29, 0.717) is 8.87 Å². The number of fused-ring (bicyclic) bond motifs is 7. The summed E-state index contributed by atoms with van der Waals surface area (Å²) in [4.78, 5) is 4.31. The van der Waals surface area contributed by atoms with Gasteiger partial charge >= 0.3 is 230 Å². The van der Waals surface area contributed by atoms with Crippen LogP contribution in [0.25, 0.3) is 68.4 Å². The van der Waals surface area contributed by atoms with Crippen molar-refractivity contribution in [3.63, 3.8) is 0 Å². The molecule has 0 aliphatic rings. The first kappa shape index (κ1) is 22.3. The molecule has 0 N–H and O–H groups in total. The van der Waals surface area contributed by atoms with Gasteiger partial charge in [-0.1, -0.05) is 0 Å². The summed E-state index contributed by atoms with van der Waals surface area (Å²) in [5, 5.41) is 4.45. The third kappa shape index (κ3) is 3.14. The van der Waals surface area contributed by atoms with E-state index in [1.807, 2.05) is 12.1 Å². The second kappa shape index (κ2) is 7.88. The standard InChI is InChI=1S/C26H8F4S4Se2/c27-13-7-35-25(21(13)29)19-3-9-1-17-11(5-15(9)31-19)23-24(33-17)12-6-16-10(2-18(12)34-23)4-20(32-16)26-22(30)14(28)8-36-26/h1-8H. The van der Waals surface area contributed by atoms with Crippen molar-refractivity contribution < 1.29 is 17.6 Å². The topological polar surface area (TPSA) is 0 Å². The van der Waals surface area contributed by atoms with Gasteiger partial charge in [-0.15, -0.1) is 0 Å². The average molecular weight is 683 g/mol. The predicted octanol–water partition coefficient (Wildman–Crippen LogP) is 9.70. The van der Waals surface area contributed by atoms with E-state index < -0.39 is 23.3 Å². The van der Waals surface area contributed by atoms with E-state index in [4.69, 9.17) is 0 Å². The molecule has 0 saturated carbocycles. The Balaban J connectivity index is 1.30. The number of benzene rings is 2. The molecule has 6 heterocycles. The number of rotatable bonds is 2. The van der Waals surface area contributed by atoms with Crippen molar-refractivity contribution in [1.82, 2.24) is 0 Å². The Morgan fingerprint density at radius 3 is 1.33 bits per heavy atom. The second-order valence-electron chi connectivity index (χ2n) is 8.31. The van der Waals surface area contributed by atoms with Gasteiger partial charge in [0.25, 0.3) is 0 Å². The Kier molecular flexibility index (Phi) is 4.87. The first-order valence-electron chi connectivity index (χ1n) is 10.6. The summed E-state index contributed by atoms with van der Waals surface area (Å²) in [7, 11) is 0. The number of thiophene rings is 4. The van der Waals surface area contributed by atoms with Gasteiger partial charge in [0, 0.05) is 0 Å². The van der Waals surface area contributed by atoms with Crippen LogP contribution in [-0.4, -0.2) is 29.0 Å². The zero-order valence-corrected chi connectivity index (χ0v) is 24.3. The van der Waals surface area contributed by atoms with Crippen LogP contribution in [0, 0.1) is 23.3 Å². The number of halogens is 4. The van der Waals surface area contributed by atoms with Crippen LogP contribution in [-0.2, 0) is 0 Å². The zero-order chi connectivity index (χ0) is 24.3. The molecule has 2 aromatic carbocycles. The molecule has 0 unspecified atom stereocenters. The molecule has 0 bridgehead atoms. The summed E-state index contributed by atoms with van der Waals surface area (Å²) in [6.45, 7) is 0. The van der Waals surface area contributed by atoms with Crippen molar-refractivity contribution in [1.29, 1.82) is 0 Å². The SMILES string of the molecule is Fc1c[se]c(-c2cc3cc4sc5c6cc7sc(-c8[se]cc(F)c8F)cc7cc6sc5c4cc3s2)c1F. The average Bonchev–Trinajstić information content (AvgIpc) is 3.68. The Morgan fingerprint density at radius 1 is 0.500 bits per heavy atom. The zero-order valence-electron chi connectivity index (χ0n) is 17.6. The molecule has 176 valence electrons. The Labute approximate surface area is 228 Å². The van der Waals surface area contributed by atoms with E-state index in [1.165, 1.54) is 62.1 Å². The van der Waals surface area contributed by atoms with Crippen LogP contribution in [0.4, 0.5) is 17.6 Å². The molecule has 36 heavy (non-hydrogen) atoms. The normalized spacial score (nSPS) is 12.4. The van der Waals surface area contributed by atoms with Crippen molar-refractivity contribution in [3.8, 4) is 18.6 Å². The van der Waals surface area contributed by atoms with Gasteiger partial charge in [-0.05, 0) is 0 Å². The van der Waals surface area contributed by atoms with Gasteiger partial charge in [-0.25, -0.2) is 0 Å². The minimum absolute atomic E-state index is 0.316. The maximum absolute atomic E-state index is 14.2. The van der Waals surface area contributed by atoms with Crippen molar-refractivity contribution in [3.05, 3.63) is 69.5 Å². The van der Waals surface area contributed by atoms with Crippen LogP contribution in [0.5, 0.6) is 0 Å². The van der Waals surface area contributed by atoms with Gasteiger partial charge in [-0.3, -0.25) is 0 Å². The molecule has 10 heteroatoms. The second-order valence-corrected chi connectivity index (χ2v) is 16.3. The molecule has 0 aliphatic heterocycles. The fourth-order valence-corrected chi connectivity index (χ4v) is 13.2. The summed E-state index contributed by atoms with van der Waals surface area (Å²) in [5.41, 5.74) is 0. The molecule has 8 aromatic rings. The van der Waals surface area contributed by atoms with E-state index in [2.05, 4.69) is 24.3 Å². The van der Waals surface area contributed by atoms with E-state index in [-0.39, 0.29) is 29.0 Å². The molecule has 8 rings (SSSR count). The third-order valence-corrected chi connectivity index (χ3v) is 15.5. The van der Waals surface area contributed by atoms with Crippen LogP contribution in [0.15, 0.2) is 46.3 Å². The fraction of sp³-hybridized carbons (Fsp3) is 0. The number of hydrogen-bond acceptors (Lipinski definition) is 4. The summed E-state index contributed by atoms with van der Waals surface area (Å²) in [5.74, 6) is -2.91. The molecule has 0 aliphatic carbocycles. The quantitative estimate of drug-likeness (QED) is 0.126. The molecular weight excluding hydrogens is 674 g/mol. The van der Waals surface area contributed by atoms with Crippen molar-refractivity contribution in [2.24, 2.45) is 0 Å². The van der Waals surface area contributed by atoms with Crippen LogP contribution in [0.2, 0.25) is 0 Å². The molecule has 0 atom stereocenters. The van der Waals surface area contributed by atoms with E-state index in [1.54, 1.807) is 22.7 Å². The van der Waals surface area contributed by atoms with E-state index >= 15 is 0 Å². The fourth-order valence-electron chi connectivity index (χ4n) is 4.52. The van der Waals surface area contributed by atoms with Crippen molar-refractivity contribution in [2.75, 3.05) is 0 Å². The minimum atomic E-state index is -0.739. The summed E-state index contributed by atoms with van der Waals surface area (Å²) in [6.07, 6.45) is 0. The molecule has 0 saturated heterocycles. The summed E-state index contributed by atoms with van der Waals surface area (Å²) >= 11 is 5.88. The van der Waals surface area contributed by atoms with Crippen LogP contribution in [0.3, 0.4) is 0 Å². The molecule has 0 nitrogen and oxygen atoms in total. The maximum atomic E-state index is 14.2. The van der Waals surface area contributed by atoms with Crippen LogP contribution < -0.4 is 0 Å². The van der Waals surface area contributed by atoms with Gasteiger partial charge in [0.15, 0.2) is 0 Å². The van der Waals surface area contributed by atoms with Crippen molar-refractivity contribution in [2.45, 2.75) is 0 Å². The number of hydrogen-bond donors (Lipinski definition) is 0. The van der Waals surface area contributed by atoms with E-state index in [9.17, 15) is 17.6 Å². The van der Waals surface area contributed by atoms with Crippen molar-refractivity contribution >= 4 is 124 Å². The Bertz CT molecular complexity index is 2010. The third-order valence-electron chi connectivity index (χ3n) is 6.18. The van der Waals surface area contributed by atoms with Gasteiger partial charge < -0.3 is 0 Å². The van der Waals surface area contributed by atoms with Gasteiger partial charge in [0.05, 0.1) is 0 Å².